The molecule has 1 N–H and O–H groups in total. The highest BCUT2D eigenvalue weighted by molar-refractivity contribution is 5.15. The average molecular weight is 208 g/mol. The van der Waals surface area contributed by atoms with E-state index in [0.717, 1.165) is 6.42 Å². The van der Waals surface area contributed by atoms with Crippen LogP contribution in [-0.2, 0) is 15.9 Å². The van der Waals surface area contributed by atoms with Crippen LogP contribution in [-0.4, -0.2) is 37.1 Å². The summed E-state index contributed by atoms with van der Waals surface area (Å²) in [6.07, 6.45) is 0.853. The molecule has 1 saturated heterocycles. The van der Waals surface area contributed by atoms with E-state index in [0.29, 0.717) is 13.2 Å². The van der Waals surface area contributed by atoms with Gasteiger partial charge in [-0.25, -0.2) is 0 Å². The van der Waals surface area contributed by atoms with E-state index in [4.69, 9.17) is 14.6 Å². The van der Waals surface area contributed by atoms with E-state index >= 15 is 0 Å². The van der Waals surface area contributed by atoms with Gasteiger partial charge in [-0.05, 0) is 5.56 Å². The lowest BCUT2D eigenvalue weighted by atomic mass is 10.1. The topological polar surface area (TPSA) is 38.7 Å². The minimum absolute atomic E-state index is 0.0397. The molecule has 0 aliphatic carbocycles. The lowest BCUT2D eigenvalue weighted by molar-refractivity contribution is -0.144. The molecule has 1 aromatic carbocycles. The van der Waals surface area contributed by atoms with Crippen molar-refractivity contribution in [2.24, 2.45) is 0 Å². The van der Waals surface area contributed by atoms with Gasteiger partial charge in [-0.3, -0.25) is 0 Å². The van der Waals surface area contributed by atoms with Gasteiger partial charge in [0.05, 0.1) is 25.9 Å². The quantitative estimate of drug-likeness (QED) is 0.805. The molecule has 0 aromatic heterocycles. The third-order valence-corrected chi connectivity index (χ3v) is 2.55. The van der Waals surface area contributed by atoms with Crippen LogP contribution in [0.15, 0.2) is 30.3 Å². The number of hydrogen-bond acceptors (Lipinski definition) is 3. The zero-order valence-corrected chi connectivity index (χ0v) is 8.63. The minimum atomic E-state index is -0.142. The van der Waals surface area contributed by atoms with Crippen LogP contribution >= 0.6 is 0 Å². The summed E-state index contributed by atoms with van der Waals surface area (Å²) in [5, 5.41) is 8.86. The average Bonchev–Trinajstić information content (AvgIpc) is 2.31. The number of rotatable bonds is 3. The van der Waals surface area contributed by atoms with Gasteiger partial charge < -0.3 is 14.6 Å². The Kier molecular flexibility index (Phi) is 3.72. The van der Waals surface area contributed by atoms with Crippen LogP contribution < -0.4 is 0 Å². The van der Waals surface area contributed by atoms with E-state index in [9.17, 15) is 0 Å². The summed E-state index contributed by atoms with van der Waals surface area (Å²) in [5.74, 6) is 0. The first-order chi connectivity index (χ1) is 7.38. The molecule has 3 heteroatoms. The first-order valence-corrected chi connectivity index (χ1v) is 5.26. The van der Waals surface area contributed by atoms with Gasteiger partial charge in [0, 0.05) is 6.42 Å². The highest BCUT2D eigenvalue weighted by atomic mass is 16.6. The molecule has 0 spiro atoms. The first kappa shape index (κ1) is 10.6. The van der Waals surface area contributed by atoms with Crippen LogP contribution in [0.2, 0.25) is 0 Å². The van der Waals surface area contributed by atoms with Crippen LogP contribution in [0.4, 0.5) is 0 Å². The second-order valence-electron chi connectivity index (χ2n) is 3.78. The Labute approximate surface area is 89.6 Å². The Bertz CT molecular complexity index is 278. The van der Waals surface area contributed by atoms with Crippen molar-refractivity contribution in [3.05, 3.63) is 35.9 Å². The summed E-state index contributed by atoms with van der Waals surface area (Å²) in [5.41, 5.74) is 1.26. The van der Waals surface area contributed by atoms with E-state index in [1.54, 1.807) is 0 Å². The number of benzene rings is 1. The molecule has 2 atom stereocenters. The normalized spacial score (nSPS) is 26.5. The molecule has 1 aliphatic heterocycles. The molecule has 0 bridgehead atoms. The Morgan fingerprint density at radius 2 is 1.73 bits per heavy atom. The molecule has 0 saturated carbocycles. The van der Waals surface area contributed by atoms with E-state index < -0.39 is 0 Å². The lowest BCUT2D eigenvalue weighted by Crippen LogP contribution is -2.38. The van der Waals surface area contributed by atoms with Gasteiger partial charge in [-0.15, -0.1) is 0 Å². The zero-order valence-electron chi connectivity index (χ0n) is 8.63. The Balaban J connectivity index is 1.82. The van der Waals surface area contributed by atoms with Gasteiger partial charge in [0.25, 0.3) is 0 Å². The first-order valence-electron chi connectivity index (χ1n) is 5.26. The Morgan fingerprint density at radius 3 is 2.33 bits per heavy atom. The molecule has 2 rings (SSSR count). The molecule has 1 fully saturated rings. The van der Waals surface area contributed by atoms with Gasteiger partial charge in [0.1, 0.15) is 6.10 Å². The van der Waals surface area contributed by atoms with Crippen molar-refractivity contribution in [2.45, 2.75) is 18.6 Å². The summed E-state index contributed by atoms with van der Waals surface area (Å²) in [7, 11) is 0. The van der Waals surface area contributed by atoms with Crippen molar-refractivity contribution < 1.29 is 14.6 Å². The van der Waals surface area contributed by atoms with Gasteiger partial charge in [-0.1, -0.05) is 30.3 Å². The predicted molar refractivity (Wildman–Crippen MR) is 56.7 cm³/mol. The largest absolute Gasteiger partial charge is 0.394 e. The second-order valence-corrected chi connectivity index (χ2v) is 3.78. The number of hydrogen-bond donors (Lipinski definition) is 1. The molecule has 1 aliphatic rings. The summed E-state index contributed by atoms with van der Waals surface area (Å²) in [6, 6.07) is 10.2. The second kappa shape index (κ2) is 5.26. The van der Waals surface area contributed by atoms with Crippen LogP contribution in [0.3, 0.4) is 0 Å². The molecule has 15 heavy (non-hydrogen) atoms. The van der Waals surface area contributed by atoms with Crippen molar-refractivity contribution in [2.75, 3.05) is 19.8 Å². The molecule has 1 heterocycles. The SMILES string of the molecule is OCC1COC(Cc2ccccc2)CO1. The van der Waals surface area contributed by atoms with E-state index in [1.165, 1.54) is 5.56 Å². The minimum Gasteiger partial charge on any atom is -0.394 e. The standard InChI is InChI=1S/C12H16O3/c13-7-12-9-14-11(8-15-12)6-10-4-2-1-3-5-10/h1-5,11-13H,6-9H2. The smallest absolute Gasteiger partial charge is 0.104 e. The molecule has 0 amide bonds. The van der Waals surface area contributed by atoms with Gasteiger partial charge >= 0.3 is 0 Å². The monoisotopic (exact) mass is 208 g/mol. The van der Waals surface area contributed by atoms with Crippen molar-refractivity contribution in [1.82, 2.24) is 0 Å². The van der Waals surface area contributed by atoms with E-state index in [-0.39, 0.29) is 18.8 Å². The molecular formula is C12H16O3. The molecule has 3 nitrogen and oxygen atoms in total. The number of ether oxygens (including phenoxy) is 2. The summed E-state index contributed by atoms with van der Waals surface area (Å²) in [6.45, 7) is 1.10. The number of aliphatic hydroxyl groups is 1. The van der Waals surface area contributed by atoms with Gasteiger partial charge in [0.2, 0.25) is 0 Å². The highest BCUT2D eigenvalue weighted by Crippen LogP contribution is 2.12. The van der Waals surface area contributed by atoms with Crippen molar-refractivity contribution >= 4 is 0 Å². The fourth-order valence-corrected chi connectivity index (χ4v) is 1.68. The molecule has 2 unspecified atom stereocenters. The Hall–Kier alpha value is -0.900. The van der Waals surface area contributed by atoms with Crippen molar-refractivity contribution in [3.8, 4) is 0 Å². The fourth-order valence-electron chi connectivity index (χ4n) is 1.68. The molecular weight excluding hydrogens is 192 g/mol. The molecule has 1 aromatic rings. The number of aliphatic hydroxyl groups excluding tert-OH is 1. The van der Waals surface area contributed by atoms with E-state index in [2.05, 4.69) is 12.1 Å². The van der Waals surface area contributed by atoms with Crippen LogP contribution in [0, 0.1) is 0 Å². The highest BCUT2D eigenvalue weighted by Gasteiger charge is 2.21. The third-order valence-electron chi connectivity index (χ3n) is 2.55. The van der Waals surface area contributed by atoms with E-state index in [1.807, 2.05) is 18.2 Å². The lowest BCUT2D eigenvalue weighted by Gasteiger charge is -2.28. The predicted octanol–water partition coefficient (Wildman–Crippen LogP) is 1.01. The maximum Gasteiger partial charge on any atom is 0.104 e. The van der Waals surface area contributed by atoms with Crippen LogP contribution in [0.5, 0.6) is 0 Å². The molecule has 0 radical (unpaired) electrons. The van der Waals surface area contributed by atoms with Gasteiger partial charge in [0.15, 0.2) is 0 Å². The van der Waals surface area contributed by atoms with Crippen molar-refractivity contribution in [1.29, 1.82) is 0 Å². The maximum absolute atomic E-state index is 8.86. The Morgan fingerprint density at radius 1 is 1.07 bits per heavy atom. The summed E-state index contributed by atoms with van der Waals surface area (Å²) < 4.78 is 11.0. The summed E-state index contributed by atoms with van der Waals surface area (Å²) >= 11 is 0. The van der Waals surface area contributed by atoms with Crippen LogP contribution in [0.25, 0.3) is 0 Å². The third kappa shape index (κ3) is 3.02. The van der Waals surface area contributed by atoms with Gasteiger partial charge in [-0.2, -0.15) is 0 Å². The molecule has 82 valence electrons. The zero-order chi connectivity index (χ0) is 10.5. The van der Waals surface area contributed by atoms with Crippen LogP contribution in [0.1, 0.15) is 5.56 Å². The maximum atomic E-state index is 8.86. The summed E-state index contributed by atoms with van der Waals surface area (Å²) in [4.78, 5) is 0. The van der Waals surface area contributed by atoms with Crippen molar-refractivity contribution in [3.63, 3.8) is 0 Å². The fraction of sp³-hybridized carbons (Fsp3) is 0.500.